The number of hydrogen-bond acceptors (Lipinski definition) is 6. The van der Waals surface area contributed by atoms with E-state index < -0.39 is 0 Å². The molecule has 4 aromatic rings. The van der Waals surface area contributed by atoms with Gasteiger partial charge in [-0.05, 0) is 35.9 Å². The van der Waals surface area contributed by atoms with Crippen molar-refractivity contribution in [2.45, 2.75) is 36.6 Å². The molecule has 28 heavy (non-hydrogen) atoms. The first-order valence-corrected chi connectivity index (χ1v) is 11.0. The van der Waals surface area contributed by atoms with Crippen molar-refractivity contribution in [2.75, 3.05) is 0 Å². The maximum atomic E-state index is 12.7. The number of carbonyl (C=O) groups is 1. The highest BCUT2D eigenvalue weighted by Crippen LogP contribution is 2.34. The molecule has 7 heteroatoms. The van der Waals surface area contributed by atoms with Gasteiger partial charge in [0.15, 0.2) is 5.78 Å². The summed E-state index contributed by atoms with van der Waals surface area (Å²) in [5.74, 6) is 1.72. The summed E-state index contributed by atoms with van der Waals surface area (Å²) in [7, 11) is 0. The average molecular weight is 407 g/mol. The van der Waals surface area contributed by atoms with Crippen molar-refractivity contribution in [3.8, 4) is 0 Å². The lowest BCUT2D eigenvalue weighted by atomic mass is 9.86. The molecule has 0 amide bonds. The summed E-state index contributed by atoms with van der Waals surface area (Å²) in [4.78, 5) is 23.2. The van der Waals surface area contributed by atoms with Crippen LogP contribution in [0.5, 0.6) is 0 Å². The van der Waals surface area contributed by atoms with E-state index in [0.29, 0.717) is 22.9 Å². The average Bonchev–Trinajstić information content (AvgIpc) is 3.35. The summed E-state index contributed by atoms with van der Waals surface area (Å²) in [5.41, 5.74) is 4.05. The predicted molar refractivity (Wildman–Crippen MR) is 111 cm³/mol. The summed E-state index contributed by atoms with van der Waals surface area (Å²) in [6, 6.07) is 12.5. The fourth-order valence-electron chi connectivity index (χ4n) is 3.56. The highest BCUT2D eigenvalue weighted by Gasteiger charge is 2.29. The second-order valence-electron chi connectivity index (χ2n) is 7.00. The summed E-state index contributed by atoms with van der Waals surface area (Å²) in [5, 5.41) is 7.26. The minimum Gasteiger partial charge on any atom is -0.294 e. The number of thiophene rings is 1. The van der Waals surface area contributed by atoms with Crippen molar-refractivity contribution in [1.82, 2.24) is 19.6 Å². The Hall–Kier alpha value is -2.51. The molecule has 0 fully saturated rings. The van der Waals surface area contributed by atoms with E-state index in [1.54, 1.807) is 33.8 Å². The van der Waals surface area contributed by atoms with Gasteiger partial charge in [-0.2, -0.15) is 4.98 Å². The predicted octanol–water partition coefficient (Wildman–Crippen LogP) is 4.70. The quantitative estimate of drug-likeness (QED) is 0.460. The van der Waals surface area contributed by atoms with Gasteiger partial charge in [-0.25, -0.2) is 9.50 Å². The van der Waals surface area contributed by atoms with Crippen LogP contribution in [0.4, 0.5) is 0 Å². The molecule has 3 heterocycles. The van der Waals surface area contributed by atoms with Crippen molar-refractivity contribution >= 4 is 34.7 Å². The molecule has 1 aliphatic carbocycles. The summed E-state index contributed by atoms with van der Waals surface area (Å²) >= 11 is 3.29. The first-order valence-electron chi connectivity index (χ1n) is 9.17. The first-order chi connectivity index (χ1) is 13.7. The Morgan fingerprint density at radius 1 is 1.18 bits per heavy atom. The monoisotopic (exact) mass is 406 g/mol. The molecule has 0 N–H and O–H groups in total. The number of carbonyl (C=O) groups excluding carboxylic acids is 1. The number of thioether (sulfide) groups is 1. The van der Waals surface area contributed by atoms with Crippen LogP contribution < -0.4 is 0 Å². The highest BCUT2D eigenvalue weighted by molar-refractivity contribution is 7.98. The maximum Gasteiger partial charge on any atom is 0.253 e. The minimum absolute atomic E-state index is 0.138. The number of ketones is 1. The topological polar surface area (TPSA) is 60.1 Å². The smallest absolute Gasteiger partial charge is 0.253 e. The van der Waals surface area contributed by atoms with Gasteiger partial charge in [-0.1, -0.05) is 42.1 Å². The molecule has 1 atom stereocenters. The molecule has 3 aromatic heterocycles. The van der Waals surface area contributed by atoms with E-state index in [1.165, 1.54) is 16.0 Å². The lowest BCUT2D eigenvalue weighted by Gasteiger charge is -2.21. The zero-order valence-electron chi connectivity index (χ0n) is 15.3. The van der Waals surface area contributed by atoms with Crippen LogP contribution in [-0.4, -0.2) is 25.4 Å². The van der Waals surface area contributed by atoms with Crippen molar-refractivity contribution < 1.29 is 4.79 Å². The lowest BCUT2D eigenvalue weighted by molar-refractivity contribution is 0.0963. The Kier molecular flexibility index (Phi) is 4.49. The number of nitrogens with zero attached hydrogens (tertiary/aromatic N) is 4. The van der Waals surface area contributed by atoms with E-state index in [4.69, 9.17) is 0 Å². The third kappa shape index (κ3) is 3.25. The molecule has 140 valence electrons. The van der Waals surface area contributed by atoms with E-state index in [-0.39, 0.29) is 11.7 Å². The van der Waals surface area contributed by atoms with Crippen molar-refractivity contribution in [1.29, 1.82) is 0 Å². The Bertz CT molecular complexity index is 1170. The summed E-state index contributed by atoms with van der Waals surface area (Å²) in [6.45, 7) is 2.11. The highest BCUT2D eigenvalue weighted by atomic mass is 32.2. The number of benzene rings is 1. The van der Waals surface area contributed by atoms with Gasteiger partial charge in [-0.15, -0.1) is 16.4 Å². The Morgan fingerprint density at radius 3 is 2.89 bits per heavy atom. The van der Waals surface area contributed by atoms with Crippen LogP contribution >= 0.6 is 23.1 Å². The van der Waals surface area contributed by atoms with Crippen LogP contribution in [0.3, 0.4) is 0 Å². The van der Waals surface area contributed by atoms with Gasteiger partial charge >= 0.3 is 0 Å². The summed E-state index contributed by atoms with van der Waals surface area (Å²) < 4.78 is 1.64. The minimum atomic E-state index is 0.138. The Morgan fingerprint density at radius 2 is 2.07 bits per heavy atom. The van der Waals surface area contributed by atoms with Gasteiger partial charge in [-0.3, -0.25) is 4.79 Å². The number of hydrogen-bond donors (Lipinski definition) is 0. The molecule has 5 nitrogen and oxygen atoms in total. The van der Waals surface area contributed by atoms with E-state index in [1.807, 2.05) is 18.2 Å². The summed E-state index contributed by atoms with van der Waals surface area (Å²) in [6.07, 6.45) is 3.11. The van der Waals surface area contributed by atoms with Gasteiger partial charge in [0.25, 0.3) is 5.78 Å². The molecule has 0 saturated heterocycles. The number of aromatic nitrogens is 4. The second-order valence-corrected chi connectivity index (χ2v) is 8.92. The second kappa shape index (κ2) is 7.14. The Labute approximate surface area is 170 Å². The molecule has 0 radical (unpaired) electrons. The van der Waals surface area contributed by atoms with E-state index in [0.717, 1.165) is 17.9 Å². The first kappa shape index (κ1) is 17.6. The molecular weight excluding hydrogens is 388 g/mol. The normalized spacial score (nSPS) is 16.5. The van der Waals surface area contributed by atoms with Gasteiger partial charge in [0.05, 0.1) is 11.3 Å². The van der Waals surface area contributed by atoms with E-state index in [9.17, 15) is 4.79 Å². The van der Waals surface area contributed by atoms with Crippen LogP contribution in [0.15, 0.2) is 53.1 Å². The molecule has 5 rings (SSSR count). The van der Waals surface area contributed by atoms with Gasteiger partial charge in [0.1, 0.15) is 0 Å². The standard InChI is InChI=1S/C21H18N4OS2/c1-13-5-2-3-6-14(13)12-28-21-23-20-22-17-9-15(19-7-4-8-27-19)10-18(26)16(17)11-25(20)24-21/h2-8,11,15H,9-10,12H2,1H3/t15-/m0/s1. The third-order valence-corrected chi connectivity index (χ3v) is 7.05. The molecular formula is C21H18N4OS2. The number of Topliss-reactive ketones (excluding diaryl/α,β-unsaturated/α-hetero) is 1. The van der Waals surface area contributed by atoms with Crippen LogP contribution in [0.1, 0.15) is 44.4 Å². The lowest BCUT2D eigenvalue weighted by Crippen LogP contribution is -2.20. The largest absolute Gasteiger partial charge is 0.294 e. The molecule has 1 aromatic carbocycles. The number of aryl methyl sites for hydroxylation is 1. The Balaban J connectivity index is 1.42. The van der Waals surface area contributed by atoms with Crippen LogP contribution in [0, 0.1) is 6.92 Å². The number of fused-ring (bicyclic) bond motifs is 2. The molecule has 0 saturated carbocycles. The zero-order valence-corrected chi connectivity index (χ0v) is 17.0. The van der Waals surface area contributed by atoms with E-state index in [2.05, 4.69) is 45.6 Å². The van der Waals surface area contributed by atoms with Crippen molar-refractivity contribution in [3.63, 3.8) is 0 Å². The maximum absolute atomic E-state index is 12.7. The fraction of sp³-hybridized carbons (Fsp3) is 0.238. The van der Waals surface area contributed by atoms with Crippen LogP contribution in [0.25, 0.3) is 5.78 Å². The molecule has 0 unspecified atom stereocenters. The molecule has 0 aliphatic heterocycles. The van der Waals surface area contributed by atoms with Crippen molar-refractivity contribution in [3.05, 3.63) is 75.2 Å². The van der Waals surface area contributed by atoms with Crippen molar-refractivity contribution in [2.24, 2.45) is 0 Å². The third-order valence-electron chi connectivity index (χ3n) is 5.13. The molecule has 0 bridgehead atoms. The van der Waals surface area contributed by atoms with Gasteiger partial charge < -0.3 is 0 Å². The fourth-order valence-corrected chi connectivity index (χ4v) is 5.30. The molecule has 1 aliphatic rings. The van der Waals surface area contributed by atoms with E-state index >= 15 is 0 Å². The van der Waals surface area contributed by atoms with Gasteiger partial charge in [0, 0.05) is 29.2 Å². The molecule has 0 spiro atoms. The van der Waals surface area contributed by atoms with Gasteiger partial charge in [0.2, 0.25) is 5.16 Å². The van der Waals surface area contributed by atoms with Crippen LogP contribution in [-0.2, 0) is 12.2 Å². The number of rotatable bonds is 4. The zero-order chi connectivity index (χ0) is 19.1. The SMILES string of the molecule is Cc1ccccc1CSc1nc2nc3c(cn2n1)C(=O)C[C@@H](c1cccs1)C3. The van der Waals surface area contributed by atoms with Crippen LogP contribution in [0.2, 0.25) is 0 Å².